The van der Waals surface area contributed by atoms with E-state index in [0.717, 1.165) is 28.7 Å². The molecule has 0 aliphatic heterocycles. The van der Waals surface area contributed by atoms with E-state index >= 15 is 0 Å². The summed E-state index contributed by atoms with van der Waals surface area (Å²) in [5, 5.41) is 5.74. The van der Waals surface area contributed by atoms with Gasteiger partial charge in [0.25, 0.3) is 0 Å². The Balaban J connectivity index is 1.89. The SMILES string of the molecule is Nc1cccc2cccc(NCc3ccc(I)cc3)c12. The average molecular weight is 374 g/mol. The van der Waals surface area contributed by atoms with E-state index in [9.17, 15) is 0 Å². The lowest BCUT2D eigenvalue weighted by Gasteiger charge is -2.11. The molecule has 3 N–H and O–H groups in total. The minimum absolute atomic E-state index is 0.796. The Labute approximate surface area is 132 Å². The molecule has 0 fully saturated rings. The average Bonchev–Trinajstić information content (AvgIpc) is 2.47. The number of nitrogens with one attached hydrogen (secondary N) is 1. The zero-order valence-electron chi connectivity index (χ0n) is 10.9. The molecule has 3 rings (SSSR count). The van der Waals surface area contributed by atoms with E-state index in [1.54, 1.807) is 0 Å². The Hall–Kier alpha value is -1.75. The van der Waals surface area contributed by atoms with Gasteiger partial charge in [0, 0.05) is 26.9 Å². The Morgan fingerprint density at radius 1 is 0.900 bits per heavy atom. The van der Waals surface area contributed by atoms with Gasteiger partial charge in [-0.25, -0.2) is 0 Å². The van der Waals surface area contributed by atoms with Crippen molar-refractivity contribution in [2.24, 2.45) is 0 Å². The molecular formula is C17H15IN2. The van der Waals surface area contributed by atoms with Gasteiger partial charge in [0.05, 0.1) is 0 Å². The van der Waals surface area contributed by atoms with Crippen molar-refractivity contribution >= 4 is 44.7 Å². The van der Waals surface area contributed by atoms with Crippen molar-refractivity contribution in [2.75, 3.05) is 11.1 Å². The molecule has 0 spiro atoms. The molecule has 100 valence electrons. The molecule has 0 radical (unpaired) electrons. The molecule has 0 saturated carbocycles. The Morgan fingerprint density at radius 3 is 2.35 bits per heavy atom. The Kier molecular flexibility index (Phi) is 3.78. The number of halogens is 1. The summed E-state index contributed by atoms with van der Waals surface area (Å²) in [6.07, 6.45) is 0. The lowest BCUT2D eigenvalue weighted by Crippen LogP contribution is -2.01. The van der Waals surface area contributed by atoms with Gasteiger partial charge in [-0.15, -0.1) is 0 Å². The summed E-state index contributed by atoms with van der Waals surface area (Å²) in [6.45, 7) is 0.796. The fourth-order valence-electron chi connectivity index (χ4n) is 2.32. The van der Waals surface area contributed by atoms with Crippen LogP contribution in [0, 0.1) is 3.57 Å². The molecule has 0 aliphatic rings. The number of hydrogen-bond donors (Lipinski definition) is 2. The summed E-state index contributed by atoms with van der Waals surface area (Å²) < 4.78 is 1.25. The van der Waals surface area contributed by atoms with Crippen LogP contribution in [0.3, 0.4) is 0 Å². The molecule has 2 nitrogen and oxygen atoms in total. The molecule has 20 heavy (non-hydrogen) atoms. The third-order valence-electron chi connectivity index (χ3n) is 3.33. The smallest absolute Gasteiger partial charge is 0.0443 e. The van der Waals surface area contributed by atoms with Gasteiger partial charge in [-0.1, -0.05) is 36.4 Å². The van der Waals surface area contributed by atoms with E-state index in [4.69, 9.17) is 5.73 Å². The largest absolute Gasteiger partial charge is 0.398 e. The maximum absolute atomic E-state index is 6.10. The Bertz CT molecular complexity index is 730. The van der Waals surface area contributed by atoms with Gasteiger partial charge >= 0.3 is 0 Å². The molecule has 0 atom stereocenters. The van der Waals surface area contributed by atoms with Crippen molar-refractivity contribution in [3.8, 4) is 0 Å². The van der Waals surface area contributed by atoms with E-state index in [2.05, 4.69) is 76.4 Å². The minimum Gasteiger partial charge on any atom is -0.398 e. The van der Waals surface area contributed by atoms with E-state index in [0.29, 0.717) is 0 Å². The van der Waals surface area contributed by atoms with Crippen LogP contribution < -0.4 is 11.1 Å². The number of nitrogens with two attached hydrogens (primary N) is 1. The van der Waals surface area contributed by atoms with Crippen LogP contribution in [0.5, 0.6) is 0 Å². The number of anilines is 2. The van der Waals surface area contributed by atoms with E-state index in [1.165, 1.54) is 9.13 Å². The van der Waals surface area contributed by atoms with Gasteiger partial charge in [-0.2, -0.15) is 0 Å². The normalized spacial score (nSPS) is 10.7. The number of fused-ring (bicyclic) bond motifs is 1. The maximum Gasteiger partial charge on any atom is 0.0443 e. The highest BCUT2D eigenvalue weighted by Crippen LogP contribution is 2.29. The van der Waals surface area contributed by atoms with E-state index in [1.807, 2.05) is 12.1 Å². The number of benzene rings is 3. The fourth-order valence-corrected chi connectivity index (χ4v) is 2.68. The van der Waals surface area contributed by atoms with Crippen molar-refractivity contribution in [3.05, 3.63) is 69.8 Å². The van der Waals surface area contributed by atoms with Crippen molar-refractivity contribution in [1.82, 2.24) is 0 Å². The zero-order chi connectivity index (χ0) is 13.9. The highest BCUT2D eigenvalue weighted by Gasteiger charge is 2.03. The van der Waals surface area contributed by atoms with E-state index < -0.39 is 0 Å². The number of hydrogen-bond acceptors (Lipinski definition) is 2. The fraction of sp³-hybridized carbons (Fsp3) is 0.0588. The summed E-state index contributed by atoms with van der Waals surface area (Å²) in [5.74, 6) is 0. The molecular weight excluding hydrogens is 359 g/mol. The van der Waals surface area contributed by atoms with Crippen LogP contribution in [0.2, 0.25) is 0 Å². The molecule has 3 aromatic rings. The predicted octanol–water partition coefficient (Wildman–Crippen LogP) is 4.64. The summed E-state index contributed by atoms with van der Waals surface area (Å²) in [5.41, 5.74) is 9.26. The second kappa shape index (κ2) is 5.71. The first kappa shape index (κ1) is 13.2. The molecule has 0 aliphatic carbocycles. The predicted molar refractivity (Wildman–Crippen MR) is 94.8 cm³/mol. The standard InChI is InChI=1S/C17H15IN2/c18-14-9-7-12(8-10-14)11-20-16-6-2-4-13-3-1-5-15(19)17(13)16/h1-10,20H,11,19H2. The molecule has 0 bridgehead atoms. The lowest BCUT2D eigenvalue weighted by atomic mass is 10.1. The second-order valence-electron chi connectivity index (χ2n) is 4.73. The molecule has 0 heterocycles. The van der Waals surface area contributed by atoms with Crippen molar-refractivity contribution in [1.29, 1.82) is 0 Å². The zero-order valence-corrected chi connectivity index (χ0v) is 13.1. The third kappa shape index (κ3) is 2.72. The van der Waals surface area contributed by atoms with Gasteiger partial charge in [-0.05, 0) is 57.8 Å². The quantitative estimate of drug-likeness (QED) is 0.518. The van der Waals surface area contributed by atoms with Crippen LogP contribution in [-0.2, 0) is 6.54 Å². The van der Waals surface area contributed by atoms with Crippen molar-refractivity contribution < 1.29 is 0 Å². The Morgan fingerprint density at radius 2 is 1.60 bits per heavy atom. The topological polar surface area (TPSA) is 38.0 Å². The van der Waals surface area contributed by atoms with Crippen LogP contribution in [0.4, 0.5) is 11.4 Å². The first-order valence-corrected chi connectivity index (χ1v) is 7.57. The maximum atomic E-state index is 6.10. The third-order valence-corrected chi connectivity index (χ3v) is 4.05. The van der Waals surface area contributed by atoms with Crippen molar-refractivity contribution in [3.63, 3.8) is 0 Å². The molecule has 0 saturated heterocycles. The van der Waals surface area contributed by atoms with Gasteiger partial charge < -0.3 is 11.1 Å². The molecule has 3 heteroatoms. The number of nitrogen functional groups attached to an aromatic ring is 1. The first-order valence-electron chi connectivity index (χ1n) is 6.49. The van der Waals surface area contributed by atoms with E-state index in [-0.39, 0.29) is 0 Å². The van der Waals surface area contributed by atoms with Gasteiger partial charge in [0.2, 0.25) is 0 Å². The highest BCUT2D eigenvalue weighted by atomic mass is 127. The van der Waals surface area contributed by atoms with Gasteiger partial charge in [-0.3, -0.25) is 0 Å². The monoisotopic (exact) mass is 374 g/mol. The summed E-state index contributed by atoms with van der Waals surface area (Å²) in [4.78, 5) is 0. The van der Waals surface area contributed by atoms with Crippen LogP contribution in [-0.4, -0.2) is 0 Å². The minimum atomic E-state index is 0.796. The summed E-state index contributed by atoms with van der Waals surface area (Å²) in [7, 11) is 0. The van der Waals surface area contributed by atoms with Gasteiger partial charge in [0.15, 0.2) is 0 Å². The lowest BCUT2D eigenvalue weighted by molar-refractivity contribution is 1.15. The number of rotatable bonds is 3. The van der Waals surface area contributed by atoms with Gasteiger partial charge in [0.1, 0.15) is 0 Å². The molecule has 0 amide bonds. The van der Waals surface area contributed by atoms with Crippen molar-refractivity contribution in [2.45, 2.75) is 6.54 Å². The van der Waals surface area contributed by atoms with Crippen LogP contribution >= 0.6 is 22.6 Å². The van der Waals surface area contributed by atoms with Crippen LogP contribution in [0.1, 0.15) is 5.56 Å². The second-order valence-corrected chi connectivity index (χ2v) is 5.98. The molecule has 0 unspecified atom stereocenters. The highest BCUT2D eigenvalue weighted by molar-refractivity contribution is 14.1. The first-order chi connectivity index (χ1) is 9.74. The van der Waals surface area contributed by atoms with Crippen LogP contribution in [0.15, 0.2) is 60.7 Å². The molecule has 3 aromatic carbocycles. The molecule has 0 aromatic heterocycles. The summed E-state index contributed by atoms with van der Waals surface area (Å²) in [6, 6.07) is 20.8. The summed E-state index contributed by atoms with van der Waals surface area (Å²) >= 11 is 2.32. The van der Waals surface area contributed by atoms with Crippen LogP contribution in [0.25, 0.3) is 10.8 Å².